The molecule has 0 aliphatic carbocycles. The van der Waals surface area contributed by atoms with Gasteiger partial charge in [-0.2, -0.15) is 4.39 Å². The summed E-state index contributed by atoms with van der Waals surface area (Å²) < 4.78 is 27.6. The summed E-state index contributed by atoms with van der Waals surface area (Å²) in [4.78, 5) is 23.0. The molecule has 1 aliphatic heterocycles. The largest absolute Gasteiger partial charge is 0.337 e. The van der Waals surface area contributed by atoms with Crippen molar-refractivity contribution in [2.45, 2.75) is 13.0 Å². The van der Waals surface area contributed by atoms with Gasteiger partial charge >= 0.3 is 5.69 Å². The Hall–Kier alpha value is -2.09. The molecule has 2 unspecified atom stereocenters. The van der Waals surface area contributed by atoms with Crippen LogP contribution in [-0.2, 0) is 0 Å². The highest BCUT2D eigenvalue weighted by atomic mass is 19.1. The van der Waals surface area contributed by atoms with E-state index in [9.17, 15) is 23.7 Å². The van der Waals surface area contributed by atoms with Crippen LogP contribution >= 0.6 is 0 Å². The van der Waals surface area contributed by atoms with Crippen molar-refractivity contribution in [3.63, 3.8) is 0 Å². The molecule has 6 nitrogen and oxygen atoms in total. The van der Waals surface area contributed by atoms with Gasteiger partial charge in [0.15, 0.2) is 0 Å². The normalized spacial score (nSPS) is 22.1. The highest BCUT2D eigenvalue weighted by molar-refractivity contribution is 5.95. The van der Waals surface area contributed by atoms with Crippen LogP contribution in [0, 0.1) is 27.7 Å². The molecule has 0 aromatic heterocycles. The predicted molar refractivity (Wildman–Crippen MR) is 66.1 cm³/mol. The summed E-state index contributed by atoms with van der Waals surface area (Å²) in [6.07, 6.45) is 0. The molecule has 1 aliphatic rings. The molecule has 20 heavy (non-hydrogen) atoms. The van der Waals surface area contributed by atoms with E-state index in [1.165, 1.54) is 4.90 Å². The third-order valence-electron chi connectivity index (χ3n) is 3.44. The second-order valence-electron chi connectivity index (χ2n) is 4.86. The number of amides is 1. The van der Waals surface area contributed by atoms with Gasteiger partial charge in [0.05, 0.1) is 4.92 Å². The maximum absolute atomic E-state index is 13.9. The Morgan fingerprint density at radius 3 is 2.60 bits per heavy atom. The van der Waals surface area contributed by atoms with Crippen LogP contribution in [-0.4, -0.2) is 34.9 Å². The van der Waals surface area contributed by atoms with Crippen LogP contribution in [0.2, 0.25) is 0 Å². The molecule has 0 bridgehead atoms. The number of carbonyl (C=O) groups is 1. The molecule has 2 rings (SSSR count). The Morgan fingerprint density at radius 1 is 1.45 bits per heavy atom. The summed E-state index contributed by atoms with van der Waals surface area (Å²) in [5.41, 5.74) is 3.92. The molecule has 0 saturated carbocycles. The Labute approximate surface area is 113 Å². The molecule has 8 heteroatoms. The van der Waals surface area contributed by atoms with E-state index in [2.05, 4.69) is 0 Å². The highest BCUT2D eigenvalue weighted by Crippen LogP contribution is 2.26. The second-order valence-corrected chi connectivity index (χ2v) is 4.86. The van der Waals surface area contributed by atoms with Crippen molar-refractivity contribution >= 4 is 11.6 Å². The topological polar surface area (TPSA) is 89.5 Å². The Bertz CT molecular complexity index is 569. The summed E-state index contributed by atoms with van der Waals surface area (Å²) in [5, 5.41) is 10.6. The van der Waals surface area contributed by atoms with E-state index in [0.29, 0.717) is 12.1 Å². The fourth-order valence-corrected chi connectivity index (χ4v) is 2.19. The number of carbonyl (C=O) groups excluding carboxylic acids is 1. The van der Waals surface area contributed by atoms with Crippen molar-refractivity contribution in [3.05, 3.63) is 39.4 Å². The number of likely N-dealkylation sites (tertiary alicyclic amines) is 1. The Kier molecular flexibility index (Phi) is 3.67. The predicted octanol–water partition coefficient (Wildman–Crippen LogP) is 1.29. The first-order valence-corrected chi connectivity index (χ1v) is 6.00. The summed E-state index contributed by atoms with van der Waals surface area (Å²) in [6, 6.07) is 1.14. The molecule has 1 saturated heterocycles. The van der Waals surface area contributed by atoms with E-state index < -0.39 is 33.7 Å². The number of rotatable bonds is 2. The van der Waals surface area contributed by atoms with Crippen LogP contribution in [0.4, 0.5) is 14.5 Å². The van der Waals surface area contributed by atoms with Gasteiger partial charge in [0.25, 0.3) is 5.91 Å². The molecule has 108 valence electrons. The minimum absolute atomic E-state index is 0.00349. The average molecular weight is 285 g/mol. The van der Waals surface area contributed by atoms with Crippen molar-refractivity contribution in [1.82, 2.24) is 4.90 Å². The number of halogens is 2. The summed E-state index contributed by atoms with van der Waals surface area (Å²) >= 11 is 0. The quantitative estimate of drug-likeness (QED) is 0.655. The molecule has 2 atom stereocenters. The smallest absolute Gasteiger partial charge is 0.305 e. The molecule has 0 spiro atoms. The van der Waals surface area contributed by atoms with Crippen LogP contribution in [0.15, 0.2) is 12.1 Å². The lowest BCUT2D eigenvalue weighted by atomic mass is 10.1. The lowest BCUT2D eigenvalue weighted by molar-refractivity contribution is -0.387. The molecule has 1 aromatic carbocycles. The Morgan fingerprint density at radius 2 is 2.10 bits per heavy atom. The van der Waals surface area contributed by atoms with Crippen LogP contribution < -0.4 is 5.73 Å². The third-order valence-corrected chi connectivity index (χ3v) is 3.44. The number of nitrogens with zero attached hydrogens (tertiary/aromatic N) is 2. The molecule has 1 heterocycles. The Balaban J connectivity index is 2.40. The minimum atomic E-state index is -1.45. The zero-order valence-corrected chi connectivity index (χ0v) is 10.7. The van der Waals surface area contributed by atoms with Gasteiger partial charge < -0.3 is 10.6 Å². The van der Waals surface area contributed by atoms with Crippen LogP contribution in [0.1, 0.15) is 17.3 Å². The lowest BCUT2D eigenvalue weighted by Gasteiger charge is -2.16. The zero-order chi connectivity index (χ0) is 15.0. The minimum Gasteiger partial charge on any atom is -0.337 e. The van der Waals surface area contributed by atoms with E-state index in [-0.39, 0.29) is 25.0 Å². The molecule has 1 fully saturated rings. The number of nitro benzene ring substituents is 1. The molecule has 1 aromatic rings. The molecular weight excluding hydrogens is 272 g/mol. The summed E-state index contributed by atoms with van der Waals surface area (Å²) in [6.45, 7) is 2.25. The molecule has 2 N–H and O–H groups in total. The highest BCUT2D eigenvalue weighted by Gasteiger charge is 2.35. The number of nitrogens with two attached hydrogens (primary N) is 1. The lowest BCUT2D eigenvalue weighted by Crippen LogP contribution is -2.33. The van der Waals surface area contributed by atoms with Gasteiger partial charge in [0.1, 0.15) is 11.4 Å². The van der Waals surface area contributed by atoms with E-state index in [1.807, 2.05) is 6.92 Å². The maximum atomic E-state index is 13.9. The van der Waals surface area contributed by atoms with Crippen molar-refractivity contribution in [2.24, 2.45) is 11.7 Å². The van der Waals surface area contributed by atoms with Crippen molar-refractivity contribution < 1.29 is 18.5 Å². The first-order chi connectivity index (χ1) is 9.32. The van der Waals surface area contributed by atoms with Gasteiger partial charge in [0.2, 0.25) is 5.82 Å². The number of hydrogen-bond acceptors (Lipinski definition) is 4. The van der Waals surface area contributed by atoms with Gasteiger partial charge in [-0.15, -0.1) is 0 Å². The molecule has 0 radical (unpaired) electrons. The number of nitro groups is 1. The van der Waals surface area contributed by atoms with Gasteiger partial charge in [-0.05, 0) is 12.0 Å². The van der Waals surface area contributed by atoms with Gasteiger partial charge in [-0.1, -0.05) is 6.92 Å². The third kappa shape index (κ3) is 2.34. The van der Waals surface area contributed by atoms with Crippen LogP contribution in [0.5, 0.6) is 0 Å². The number of benzene rings is 1. The summed E-state index contributed by atoms with van der Waals surface area (Å²) in [5.74, 6) is -3.48. The SMILES string of the molecule is CC1CN(C(=O)c2c(F)ccc([N+](=O)[O-])c2F)CC1N. The van der Waals surface area contributed by atoms with Gasteiger partial charge in [0, 0.05) is 25.2 Å². The van der Waals surface area contributed by atoms with Crippen molar-refractivity contribution in [2.75, 3.05) is 13.1 Å². The van der Waals surface area contributed by atoms with Crippen LogP contribution in [0.25, 0.3) is 0 Å². The van der Waals surface area contributed by atoms with Crippen molar-refractivity contribution in [3.8, 4) is 0 Å². The van der Waals surface area contributed by atoms with E-state index >= 15 is 0 Å². The zero-order valence-electron chi connectivity index (χ0n) is 10.7. The first kappa shape index (κ1) is 14.3. The van der Waals surface area contributed by atoms with Crippen molar-refractivity contribution in [1.29, 1.82) is 0 Å². The average Bonchev–Trinajstić information content (AvgIpc) is 2.69. The van der Waals surface area contributed by atoms with Crippen LogP contribution in [0.3, 0.4) is 0 Å². The fraction of sp³-hybridized carbons (Fsp3) is 0.417. The van der Waals surface area contributed by atoms with Gasteiger partial charge in [-0.25, -0.2) is 4.39 Å². The maximum Gasteiger partial charge on any atom is 0.305 e. The molecule has 1 amide bonds. The molecular formula is C12H13F2N3O3. The van der Waals surface area contributed by atoms with E-state index in [1.54, 1.807) is 0 Å². The second kappa shape index (κ2) is 5.12. The van der Waals surface area contributed by atoms with E-state index in [0.717, 1.165) is 0 Å². The van der Waals surface area contributed by atoms with Gasteiger partial charge in [-0.3, -0.25) is 14.9 Å². The van der Waals surface area contributed by atoms with E-state index in [4.69, 9.17) is 5.73 Å². The monoisotopic (exact) mass is 285 g/mol. The fourth-order valence-electron chi connectivity index (χ4n) is 2.19. The summed E-state index contributed by atoms with van der Waals surface area (Å²) in [7, 11) is 0. The standard InChI is InChI=1S/C12H13F2N3O3/c1-6-4-16(5-8(6)15)12(18)10-7(13)2-3-9(11(10)14)17(19)20/h2-3,6,8H,4-5,15H2,1H3. The number of hydrogen-bond donors (Lipinski definition) is 1. The first-order valence-electron chi connectivity index (χ1n) is 6.00.